The molecule has 0 saturated carbocycles. The zero-order chi connectivity index (χ0) is 17.9. The minimum Gasteiger partial charge on any atom is -0.340 e. The van der Waals surface area contributed by atoms with E-state index < -0.39 is 0 Å². The van der Waals surface area contributed by atoms with Crippen LogP contribution >= 0.6 is 0 Å². The largest absolute Gasteiger partial charge is 0.340 e. The van der Waals surface area contributed by atoms with Gasteiger partial charge in [0.2, 0.25) is 5.91 Å². The maximum atomic E-state index is 13.2. The third kappa shape index (κ3) is 3.42. The molecule has 1 aliphatic rings. The Hall–Kier alpha value is -3.21. The summed E-state index contributed by atoms with van der Waals surface area (Å²) in [5.74, 6) is -0.0753. The van der Waals surface area contributed by atoms with Crippen molar-refractivity contribution in [2.75, 3.05) is 16.8 Å². The number of rotatable bonds is 4. The lowest BCUT2D eigenvalue weighted by Crippen LogP contribution is -2.16. The van der Waals surface area contributed by atoms with Crippen molar-refractivity contribution in [1.29, 1.82) is 0 Å². The molecule has 4 nitrogen and oxygen atoms in total. The van der Waals surface area contributed by atoms with Gasteiger partial charge in [-0.3, -0.25) is 4.79 Å². The second kappa shape index (κ2) is 6.96. The number of hydrogen-bond donors (Lipinski definition) is 1. The van der Waals surface area contributed by atoms with Gasteiger partial charge in [0, 0.05) is 12.2 Å². The van der Waals surface area contributed by atoms with E-state index in [1.54, 1.807) is 24.4 Å². The molecule has 1 amide bonds. The fourth-order valence-electron chi connectivity index (χ4n) is 3.25. The zero-order valence-electron chi connectivity index (χ0n) is 14.2. The Kier molecular flexibility index (Phi) is 4.35. The Labute approximate surface area is 151 Å². The van der Waals surface area contributed by atoms with E-state index in [0.717, 1.165) is 18.7 Å². The second-order valence-electron chi connectivity index (χ2n) is 6.29. The van der Waals surface area contributed by atoms with E-state index in [1.807, 2.05) is 12.1 Å². The third-order valence-corrected chi connectivity index (χ3v) is 4.47. The molecule has 1 aliphatic heterocycles. The van der Waals surface area contributed by atoms with Crippen LogP contribution in [0.4, 0.5) is 21.6 Å². The van der Waals surface area contributed by atoms with E-state index in [4.69, 9.17) is 0 Å². The van der Waals surface area contributed by atoms with Gasteiger partial charge in [-0.2, -0.15) is 0 Å². The highest BCUT2D eigenvalue weighted by Crippen LogP contribution is 2.33. The molecule has 5 heteroatoms. The number of carbonyl (C=O) groups excluding carboxylic acids is 1. The molecule has 26 heavy (non-hydrogen) atoms. The van der Waals surface area contributed by atoms with E-state index in [9.17, 15) is 9.18 Å². The number of fused-ring (bicyclic) bond motifs is 1. The van der Waals surface area contributed by atoms with Gasteiger partial charge in [-0.15, -0.1) is 0 Å². The summed E-state index contributed by atoms with van der Waals surface area (Å²) in [7, 11) is 0. The summed E-state index contributed by atoms with van der Waals surface area (Å²) in [6.45, 7) is 0.923. The molecule has 0 unspecified atom stereocenters. The first kappa shape index (κ1) is 16.3. The van der Waals surface area contributed by atoms with Gasteiger partial charge in [0.1, 0.15) is 11.6 Å². The molecule has 2 aromatic carbocycles. The van der Waals surface area contributed by atoms with Crippen LogP contribution < -0.4 is 10.2 Å². The fraction of sp³-hybridized carbons (Fsp3) is 0.143. The highest BCUT2D eigenvalue weighted by molar-refractivity contribution is 5.91. The maximum Gasteiger partial charge on any atom is 0.229 e. The first-order valence-corrected chi connectivity index (χ1v) is 8.55. The average Bonchev–Trinajstić information content (AvgIpc) is 3.06. The van der Waals surface area contributed by atoms with Crippen molar-refractivity contribution in [3.63, 3.8) is 0 Å². The van der Waals surface area contributed by atoms with Crippen molar-refractivity contribution in [1.82, 2.24) is 4.98 Å². The molecule has 0 bridgehead atoms. The van der Waals surface area contributed by atoms with Gasteiger partial charge in [-0.05, 0) is 47.9 Å². The van der Waals surface area contributed by atoms with Gasteiger partial charge in [0.05, 0.1) is 18.3 Å². The number of nitrogens with one attached hydrogen (secondary N) is 1. The van der Waals surface area contributed by atoms with E-state index in [0.29, 0.717) is 11.4 Å². The van der Waals surface area contributed by atoms with Crippen LogP contribution in [0, 0.1) is 5.82 Å². The Bertz CT molecular complexity index is 940. The smallest absolute Gasteiger partial charge is 0.229 e. The first-order valence-electron chi connectivity index (χ1n) is 8.55. The lowest BCUT2D eigenvalue weighted by Gasteiger charge is -2.19. The standard InChI is InChI=1S/C21H18FN3O/c22-17-6-3-4-15(12-17)13-21(26)24-20-9-8-18(14-23-20)25-11-10-16-5-1-2-7-19(16)25/h1-9,12,14H,10-11,13H2,(H,23,24,26). The number of anilines is 3. The third-order valence-electron chi connectivity index (χ3n) is 4.47. The molecule has 0 aliphatic carbocycles. The molecule has 0 atom stereocenters. The summed E-state index contributed by atoms with van der Waals surface area (Å²) in [6, 6.07) is 18.1. The SMILES string of the molecule is O=C(Cc1cccc(F)c1)Nc1ccc(N2CCc3ccccc32)cn1. The van der Waals surface area contributed by atoms with Gasteiger partial charge in [0.15, 0.2) is 0 Å². The molecule has 2 heterocycles. The zero-order valence-corrected chi connectivity index (χ0v) is 14.2. The Morgan fingerprint density at radius 1 is 1.12 bits per heavy atom. The summed E-state index contributed by atoms with van der Waals surface area (Å²) in [6.07, 6.45) is 2.89. The van der Waals surface area contributed by atoms with E-state index in [-0.39, 0.29) is 18.1 Å². The molecule has 1 aromatic heterocycles. The maximum absolute atomic E-state index is 13.2. The molecule has 0 saturated heterocycles. The van der Waals surface area contributed by atoms with Crippen LogP contribution in [0.3, 0.4) is 0 Å². The van der Waals surface area contributed by atoms with Crippen molar-refractivity contribution < 1.29 is 9.18 Å². The molecular weight excluding hydrogens is 329 g/mol. The summed E-state index contributed by atoms with van der Waals surface area (Å²) in [5, 5.41) is 2.76. The van der Waals surface area contributed by atoms with Crippen LogP contribution in [0.1, 0.15) is 11.1 Å². The summed E-state index contributed by atoms with van der Waals surface area (Å²) >= 11 is 0. The van der Waals surface area contributed by atoms with Crippen molar-refractivity contribution in [2.45, 2.75) is 12.8 Å². The molecule has 1 N–H and O–H groups in total. The highest BCUT2D eigenvalue weighted by atomic mass is 19.1. The van der Waals surface area contributed by atoms with Gasteiger partial charge in [-0.1, -0.05) is 30.3 Å². The van der Waals surface area contributed by atoms with Gasteiger partial charge < -0.3 is 10.2 Å². The lowest BCUT2D eigenvalue weighted by molar-refractivity contribution is -0.115. The van der Waals surface area contributed by atoms with Crippen LogP contribution in [0.15, 0.2) is 66.9 Å². The molecule has 3 aromatic rings. The minimum absolute atomic E-state index is 0.112. The Balaban J connectivity index is 1.43. The average molecular weight is 347 g/mol. The predicted molar refractivity (Wildman–Crippen MR) is 100 cm³/mol. The highest BCUT2D eigenvalue weighted by Gasteiger charge is 2.19. The van der Waals surface area contributed by atoms with Gasteiger partial charge >= 0.3 is 0 Å². The second-order valence-corrected chi connectivity index (χ2v) is 6.29. The monoisotopic (exact) mass is 347 g/mol. The number of benzene rings is 2. The number of halogens is 1. The minimum atomic E-state index is -0.344. The fourth-order valence-corrected chi connectivity index (χ4v) is 3.25. The normalized spacial score (nSPS) is 12.7. The summed E-state index contributed by atoms with van der Waals surface area (Å²) in [5.41, 5.74) is 4.17. The molecule has 0 spiro atoms. The van der Waals surface area contributed by atoms with Crippen LogP contribution in [-0.4, -0.2) is 17.4 Å². The van der Waals surface area contributed by atoms with E-state index in [2.05, 4.69) is 33.4 Å². The van der Waals surface area contributed by atoms with E-state index in [1.165, 1.54) is 23.4 Å². The Morgan fingerprint density at radius 3 is 2.81 bits per heavy atom. The number of aromatic nitrogens is 1. The molecule has 0 fully saturated rings. The van der Waals surface area contributed by atoms with Crippen molar-refractivity contribution >= 4 is 23.1 Å². The molecule has 4 rings (SSSR count). The molecular formula is C21H18FN3O. The Morgan fingerprint density at radius 2 is 2.00 bits per heavy atom. The van der Waals surface area contributed by atoms with Crippen LogP contribution in [0.2, 0.25) is 0 Å². The summed E-state index contributed by atoms with van der Waals surface area (Å²) in [4.78, 5) is 18.7. The first-order chi connectivity index (χ1) is 12.7. The number of nitrogens with zero attached hydrogens (tertiary/aromatic N) is 2. The van der Waals surface area contributed by atoms with Crippen LogP contribution in [0.5, 0.6) is 0 Å². The number of amides is 1. The summed E-state index contributed by atoms with van der Waals surface area (Å²) < 4.78 is 13.2. The van der Waals surface area contributed by atoms with Gasteiger partial charge in [-0.25, -0.2) is 9.37 Å². The van der Waals surface area contributed by atoms with Crippen LogP contribution in [-0.2, 0) is 17.6 Å². The van der Waals surface area contributed by atoms with Crippen molar-refractivity contribution in [3.05, 3.63) is 83.8 Å². The van der Waals surface area contributed by atoms with Crippen molar-refractivity contribution in [2.24, 2.45) is 0 Å². The van der Waals surface area contributed by atoms with Crippen molar-refractivity contribution in [3.8, 4) is 0 Å². The number of hydrogen-bond acceptors (Lipinski definition) is 3. The number of pyridine rings is 1. The molecule has 130 valence electrons. The topological polar surface area (TPSA) is 45.2 Å². The van der Waals surface area contributed by atoms with Crippen LogP contribution in [0.25, 0.3) is 0 Å². The lowest BCUT2D eigenvalue weighted by atomic mass is 10.1. The van der Waals surface area contributed by atoms with Gasteiger partial charge in [0.25, 0.3) is 0 Å². The quantitative estimate of drug-likeness (QED) is 0.773. The molecule has 0 radical (unpaired) electrons. The number of para-hydroxylation sites is 1. The predicted octanol–water partition coefficient (Wildman–Crippen LogP) is 4.10. The van der Waals surface area contributed by atoms with E-state index >= 15 is 0 Å². The number of carbonyl (C=O) groups is 1.